The molecule has 0 saturated carbocycles. The fourth-order valence-electron chi connectivity index (χ4n) is 1.60. The molecule has 0 aliphatic carbocycles. The molecule has 1 aliphatic heterocycles. The van der Waals surface area contributed by atoms with Crippen LogP contribution >= 0.6 is 0 Å². The maximum absolute atomic E-state index is 4.43. The molecule has 0 amide bonds. The van der Waals surface area contributed by atoms with Crippen LogP contribution in [-0.4, -0.2) is 20.1 Å². The molecule has 2 aromatic rings. The first-order valence-electron chi connectivity index (χ1n) is 4.16. The van der Waals surface area contributed by atoms with Crippen molar-refractivity contribution < 1.29 is 0 Å². The van der Waals surface area contributed by atoms with Gasteiger partial charge in [-0.2, -0.15) is 0 Å². The summed E-state index contributed by atoms with van der Waals surface area (Å²) in [4.78, 5) is 4.43. The van der Waals surface area contributed by atoms with Gasteiger partial charge in [0.05, 0.1) is 0 Å². The Morgan fingerprint density at radius 1 is 1.00 bits per heavy atom. The van der Waals surface area contributed by atoms with E-state index >= 15 is 0 Å². The third-order valence-corrected chi connectivity index (χ3v) is 3.89. The average Bonchev–Trinajstić information content (AvgIpc) is 2.65. The van der Waals surface area contributed by atoms with Gasteiger partial charge in [-0.15, -0.1) is 0 Å². The summed E-state index contributed by atoms with van der Waals surface area (Å²) in [6.45, 7) is 0. The van der Waals surface area contributed by atoms with E-state index in [-0.39, 0.29) is 0 Å². The zero-order valence-corrected chi connectivity index (χ0v) is 8.61. The molecule has 0 atom stereocenters. The average molecular weight is 232 g/mol. The molecule has 1 radical (unpaired) electrons. The van der Waals surface area contributed by atoms with Crippen molar-refractivity contribution in [2.24, 2.45) is 0 Å². The molecule has 0 aromatic heterocycles. The van der Waals surface area contributed by atoms with E-state index in [4.69, 9.17) is 0 Å². The predicted molar refractivity (Wildman–Crippen MR) is 57.2 cm³/mol. The van der Waals surface area contributed by atoms with Gasteiger partial charge >= 0.3 is 82.4 Å². The molecule has 0 bridgehead atoms. The Morgan fingerprint density at radius 3 is 2.92 bits per heavy atom. The van der Waals surface area contributed by atoms with Crippen LogP contribution in [0.4, 0.5) is 5.69 Å². The summed E-state index contributed by atoms with van der Waals surface area (Å²) >= 11 is 0.458. The third-order valence-electron chi connectivity index (χ3n) is 2.23. The molecule has 0 unspecified atom stereocenters. The van der Waals surface area contributed by atoms with Crippen molar-refractivity contribution in [2.45, 2.75) is 0 Å². The molecular formula is C11H7NSe+. The summed E-state index contributed by atoms with van der Waals surface area (Å²) in [6, 6.07) is 12.8. The number of hydrogen-bond donors (Lipinski definition) is 0. The van der Waals surface area contributed by atoms with Crippen LogP contribution < -0.4 is 9.45 Å². The summed E-state index contributed by atoms with van der Waals surface area (Å²) in [5.41, 5.74) is 1.19. The van der Waals surface area contributed by atoms with E-state index in [0.717, 1.165) is 0 Å². The van der Waals surface area contributed by atoms with Crippen molar-refractivity contribution in [3.8, 4) is 0 Å². The predicted octanol–water partition coefficient (Wildman–Crippen LogP) is 1.18. The van der Waals surface area contributed by atoms with Gasteiger partial charge in [-0.3, -0.25) is 0 Å². The Labute approximate surface area is 82.6 Å². The van der Waals surface area contributed by atoms with Gasteiger partial charge in [-0.05, 0) is 0 Å². The fourth-order valence-corrected chi connectivity index (χ4v) is 3.05. The summed E-state index contributed by atoms with van der Waals surface area (Å²) in [5, 5.41) is 4.62. The molecule has 2 heteroatoms. The van der Waals surface area contributed by atoms with Gasteiger partial charge in [-0.25, -0.2) is 0 Å². The Morgan fingerprint density at radius 2 is 1.92 bits per heavy atom. The van der Waals surface area contributed by atoms with E-state index in [1.165, 1.54) is 20.9 Å². The Kier molecular flexibility index (Phi) is 1.51. The second-order valence-corrected chi connectivity index (χ2v) is 4.85. The maximum atomic E-state index is 4.43. The van der Waals surface area contributed by atoms with Gasteiger partial charge in [0.25, 0.3) is 0 Å². The van der Waals surface area contributed by atoms with Crippen LogP contribution in [0.1, 0.15) is 0 Å². The van der Waals surface area contributed by atoms with Crippen LogP contribution in [0.25, 0.3) is 10.8 Å². The second-order valence-electron chi connectivity index (χ2n) is 2.99. The van der Waals surface area contributed by atoms with E-state index in [9.17, 15) is 0 Å². The topological polar surface area (TPSA) is 14.1 Å². The van der Waals surface area contributed by atoms with Gasteiger partial charge in [0.2, 0.25) is 0 Å². The van der Waals surface area contributed by atoms with Gasteiger partial charge in [-0.1, -0.05) is 0 Å². The monoisotopic (exact) mass is 233 g/mol. The van der Waals surface area contributed by atoms with Crippen LogP contribution in [0.2, 0.25) is 0 Å². The van der Waals surface area contributed by atoms with E-state index in [0.29, 0.717) is 15.0 Å². The van der Waals surface area contributed by atoms with Crippen molar-refractivity contribution in [1.29, 1.82) is 0 Å². The van der Waals surface area contributed by atoms with Gasteiger partial charge in [0.15, 0.2) is 0 Å². The van der Waals surface area contributed by atoms with Crippen molar-refractivity contribution >= 4 is 41.0 Å². The summed E-state index contributed by atoms with van der Waals surface area (Å²) in [5.74, 6) is 0. The molecule has 2 aromatic carbocycles. The fraction of sp³-hybridized carbons (Fsp3) is 0. The van der Waals surface area contributed by atoms with Crippen LogP contribution in [0, 0.1) is 0 Å². The van der Waals surface area contributed by atoms with Crippen molar-refractivity contribution in [3.63, 3.8) is 0 Å². The molecule has 1 aliphatic rings. The molecule has 13 heavy (non-hydrogen) atoms. The number of benzene rings is 2. The number of hydrogen-bond acceptors (Lipinski definition) is 1. The Balaban J connectivity index is 2.49. The van der Waals surface area contributed by atoms with E-state index in [1.54, 1.807) is 0 Å². The van der Waals surface area contributed by atoms with Crippen LogP contribution in [0.15, 0.2) is 36.4 Å². The number of rotatable bonds is 0. The van der Waals surface area contributed by atoms with Crippen molar-refractivity contribution in [2.75, 3.05) is 0 Å². The van der Waals surface area contributed by atoms with E-state index < -0.39 is 0 Å². The molecule has 0 fully saturated rings. The first-order valence-corrected chi connectivity index (χ1v) is 6.01. The first-order chi connectivity index (χ1) is 6.45. The van der Waals surface area contributed by atoms with Gasteiger partial charge < -0.3 is 0 Å². The molecule has 1 heterocycles. The molecule has 3 rings (SSSR count). The zero-order valence-electron chi connectivity index (χ0n) is 6.90. The SMILES string of the molecule is C1=[N+]c2c(ccc3ccccc23)[Se]1. The molecule has 0 N–H and O–H groups in total. The number of aliphatic imine (C=N–C) groups is 1. The number of nitrogens with zero attached hydrogens (tertiary/aromatic N) is 1. The minimum absolute atomic E-state index is 0.458. The Hall–Kier alpha value is -1.11. The molecular weight excluding hydrogens is 225 g/mol. The van der Waals surface area contributed by atoms with Crippen LogP contribution in [0.3, 0.4) is 0 Å². The second kappa shape index (κ2) is 2.69. The van der Waals surface area contributed by atoms with Crippen molar-refractivity contribution in [1.82, 2.24) is 4.99 Å². The normalized spacial score (nSPS) is 13.5. The molecule has 1 nitrogen and oxygen atoms in total. The minimum atomic E-state index is 0.458. The Bertz CT molecular complexity index is 502. The summed E-state index contributed by atoms with van der Waals surface area (Å²) in [7, 11) is 0. The first kappa shape index (κ1) is 7.31. The van der Waals surface area contributed by atoms with E-state index in [2.05, 4.69) is 41.4 Å². The quantitative estimate of drug-likeness (QED) is 0.605. The summed E-state index contributed by atoms with van der Waals surface area (Å²) < 4.78 is 1.41. The van der Waals surface area contributed by atoms with Gasteiger partial charge in [0, 0.05) is 0 Å². The molecule has 61 valence electrons. The van der Waals surface area contributed by atoms with E-state index in [1.807, 2.05) is 5.11 Å². The zero-order chi connectivity index (χ0) is 8.67. The molecule has 0 saturated heterocycles. The molecule has 0 spiro atoms. The van der Waals surface area contributed by atoms with Crippen molar-refractivity contribution in [3.05, 3.63) is 36.4 Å². The van der Waals surface area contributed by atoms with Crippen LogP contribution in [0.5, 0.6) is 0 Å². The standard InChI is InChI=1S/C11H7NSe/c1-2-4-9-8(3-1)5-6-10-11(9)12-7-13-10/h1-7H/q+1. The number of fused-ring (bicyclic) bond motifs is 3. The summed E-state index contributed by atoms with van der Waals surface area (Å²) in [6.07, 6.45) is 0. The van der Waals surface area contributed by atoms with Crippen LogP contribution in [-0.2, 0) is 0 Å². The van der Waals surface area contributed by atoms with Gasteiger partial charge in [0.1, 0.15) is 0 Å². The third kappa shape index (κ3) is 1.03.